The average Bonchev–Trinajstić information content (AvgIpc) is 2.92. The van der Waals surface area contributed by atoms with E-state index in [4.69, 9.17) is 0 Å². The fraction of sp³-hybridized carbons (Fsp3) is 0.0714. The number of hydrogen-bond acceptors (Lipinski definition) is 4. The van der Waals surface area contributed by atoms with Crippen LogP contribution >= 0.6 is 11.3 Å². The van der Waals surface area contributed by atoms with Crippen LogP contribution in [0.3, 0.4) is 0 Å². The lowest BCUT2D eigenvalue weighted by Crippen LogP contribution is -2.22. The molecule has 1 aromatic carbocycles. The van der Waals surface area contributed by atoms with Gasteiger partial charge in [-0.2, -0.15) is 0 Å². The van der Waals surface area contributed by atoms with E-state index in [-0.39, 0.29) is 17.2 Å². The van der Waals surface area contributed by atoms with Gasteiger partial charge in [-0.05, 0) is 19.1 Å². The van der Waals surface area contributed by atoms with Gasteiger partial charge in [0.1, 0.15) is 5.69 Å². The van der Waals surface area contributed by atoms with E-state index in [1.807, 2.05) is 19.1 Å². The molecular weight excluding hydrogens is 274 g/mol. The Bertz CT molecular complexity index is 833. The van der Waals surface area contributed by atoms with Gasteiger partial charge in [-0.1, -0.05) is 17.7 Å². The van der Waals surface area contributed by atoms with Gasteiger partial charge in [0.15, 0.2) is 4.96 Å². The first-order chi connectivity index (χ1) is 9.65. The van der Waals surface area contributed by atoms with Crippen LogP contribution < -0.4 is 10.9 Å². The molecule has 0 saturated carbocycles. The number of benzene rings is 1. The van der Waals surface area contributed by atoms with Crippen molar-refractivity contribution in [2.24, 2.45) is 0 Å². The monoisotopic (exact) mass is 285 g/mol. The van der Waals surface area contributed by atoms with Gasteiger partial charge in [0.2, 0.25) is 0 Å². The van der Waals surface area contributed by atoms with Gasteiger partial charge >= 0.3 is 0 Å². The highest BCUT2D eigenvalue weighted by Gasteiger charge is 2.10. The molecule has 1 N–H and O–H groups in total. The Kier molecular flexibility index (Phi) is 3.08. The zero-order valence-electron chi connectivity index (χ0n) is 10.7. The van der Waals surface area contributed by atoms with Gasteiger partial charge in [0.25, 0.3) is 11.5 Å². The van der Waals surface area contributed by atoms with Gasteiger partial charge in [0, 0.05) is 17.1 Å². The second-order valence-corrected chi connectivity index (χ2v) is 5.23. The fourth-order valence-electron chi connectivity index (χ4n) is 1.81. The molecule has 0 saturated heterocycles. The smallest absolute Gasteiger partial charge is 0.282 e. The fourth-order valence-corrected chi connectivity index (χ4v) is 2.48. The lowest BCUT2D eigenvalue weighted by Gasteiger charge is -2.04. The van der Waals surface area contributed by atoms with E-state index in [2.05, 4.69) is 10.3 Å². The quantitative estimate of drug-likeness (QED) is 0.786. The molecular formula is C14H11N3O2S. The molecule has 0 aliphatic carbocycles. The summed E-state index contributed by atoms with van der Waals surface area (Å²) < 4.78 is 1.41. The van der Waals surface area contributed by atoms with E-state index in [0.717, 1.165) is 5.56 Å². The summed E-state index contributed by atoms with van der Waals surface area (Å²) in [6.07, 6.45) is 3.02. The van der Waals surface area contributed by atoms with Crippen molar-refractivity contribution in [2.75, 3.05) is 5.32 Å². The lowest BCUT2D eigenvalue weighted by atomic mass is 10.1. The number of carbonyl (C=O) groups excluding carboxylic acids is 1. The molecule has 0 spiro atoms. The second-order valence-electron chi connectivity index (χ2n) is 4.35. The Morgan fingerprint density at radius 1 is 1.30 bits per heavy atom. The largest absolute Gasteiger partial charge is 0.316 e. The van der Waals surface area contributed by atoms with Crippen molar-refractivity contribution in [2.45, 2.75) is 6.92 Å². The highest BCUT2D eigenvalue weighted by atomic mass is 32.1. The number of nitrogens with one attached hydrogen (secondary N) is 1. The van der Waals surface area contributed by atoms with E-state index >= 15 is 0 Å². The number of anilines is 1. The third-order valence-electron chi connectivity index (χ3n) is 2.90. The number of hydrogen-bond donors (Lipinski definition) is 1. The molecule has 0 radical (unpaired) electrons. The van der Waals surface area contributed by atoms with E-state index < -0.39 is 0 Å². The summed E-state index contributed by atoms with van der Waals surface area (Å²) in [5.74, 6) is -0.320. The molecule has 0 atom stereocenters. The van der Waals surface area contributed by atoms with E-state index in [9.17, 15) is 9.59 Å². The van der Waals surface area contributed by atoms with Crippen LogP contribution in [0.1, 0.15) is 15.9 Å². The number of carbonyl (C=O) groups is 1. The molecule has 0 bridgehead atoms. The number of nitrogens with zero attached hydrogens (tertiary/aromatic N) is 2. The Balaban J connectivity index is 1.93. The Morgan fingerprint density at radius 3 is 2.80 bits per heavy atom. The van der Waals surface area contributed by atoms with Crippen LogP contribution in [0.4, 0.5) is 5.69 Å². The summed E-state index contributed by atoms with van der Waals surface area (Å²) >= 11 is 1.37. The summed E-state index contributed by atoms with van der Waals surface area (Å²) in [6.45, 7) is 1.95. The number of fused-ring (bicyclic) bond motifs is 1. The predicted molar refractivity (Wildman–Crippen MR) is 78.5 cm³/mol. The summed E-state index contributed by atoms with van der Waals surface area (Å²) in [7, 11) is 0. The third kappa shape index (κ3) is 2.21. The average molecular weight is 285 g/mol. The first-order valence-electron chi connectivity index (χ1n) is 5.98. The highest BCUT2D eigenvalue weighted by molar-refractivity contribution is 7.15. The van der Waals surface area contributed by atoms with Crippen LogP contribution in [-0.4, -0.2) is 15.3 Å². The summed E-state index contributed by atoms with van der Waals surface area (Å²) in [5.41, 5.74) is 1.47. The van der Waals surface area contributed by atoms with Crippen molar-refractivity contribution in [1.82, 2.24) is 9.38 Å². The SMILES string of the molecule is Cc1ccc(C(=O)Nc2cnc3sccn3c2=O)cc1. The van der Waals surface area contributed by atoms with Crippen molar-refractivity contribution in [3.63, 3.8) is 0 Å². The molecule has 1 amide bonds. The maximum atomic E-state index is 12.1. The normalized spacial score (nSPS) is 10.7. The summed E-state index contributed by atoms with van der Waals surface area (Å²) in [4.78, 5) is 28.9. The minimum absolute atomic E-state index is 0.173. The van der Waals surface area contributed by atoms with E-state index in [1.54, 1.807) is 23.7 Å². The number of amides is 1. The first kappa shape index (κ1) is 12.6. The highest BCUT2D eigenvalue weighted by Crippen LogP contribution is 2.09. The molecule has 0 aliphatic rings. The first-order valence-corrected chi connectivity index (χ1v) is 6.86. The Labute approximate surface area is 118 Å². The van der Waals surface area contributed by atoms with Gasteiger partial charge < -0.3 is 5.32 Å². The van der Waals surface area contributed by atoms with E-state index in [0.29, 0.717) is 10.5 Å². The molecule has 6 heteroatoms. The van der Waals surface area contributed by atoms with Crippen molar-refractivity contribution in [3.8, 4) is 0 Å². The van der Waals surface area contributed by atoms with Crippen LogP contribution in [0.5, 0.6) is 0 Å². The minimum atomic E-state index is -0.320. The number of aryl methyl sites for hydroxylation is 1. The molecule has 0 fully saturated rings. The maximum absolute atomic E-state index is 12.1. The van der Waals surface area contributed by atoms with Crippen LogP contribution in [0.2, 0.25) is 0 Å². The molecule has 2 heterocycles. The molecule has 3 aromatic rings. The van der Waals surface area contributed by atoms with Crippen LogP contribution in [0, 0.1) is 6.92 Å². The van der Waals surface area contributed by atoms with E-state index in [1.165, 1.54) is 21.9 Å². The molecule has 0 unspecified atom stereocenters. The third-order valence-corrected chi connectivity index (χ3v) is 3.68. The number of rotatable bonds is 2. The Morgan fingerprint density at radius 2 is 2.05 bits per heavy atom. The molecule has 3 rings (SSSR count). The second kappa shape index (κ2) is 4.90. The maximum Gasteiger partial charge on any atom is 0.282 e. The van der Waals surface area contributed by atoms with Crippen LogP contribution in [0.15, 0.2) is 46.8 Å². The number of thiazole rings is 1. The molecule has 20 heavy (non-hydrogen) atoms. The zero-order valence-corrected chi connectivity index (χ0v) is 11.5. The standard InChI is InChI=1S/C14H11N3O2S/c1-9-2-4-10(5-3-9)12(18)16-11-8-15-14-17(13(11)19)6-7-20-14/h2-8H,1H3,(H,16,18). The minimum Gasteiger partial charge on any atom is -0.316 e. The molecule has 100 valence electrons. The van der Waals surface area contributed by atoms with Crippen molar-refractivity contribution < 1.29 is 4.79 Å². The van der Waals surface area contributed by atoms with Gasteiger partial charge in [-0.3, -0.25) is 14.0 Å². The van der Waals surface area contributed by atoms with Crippen molar-refractivity contribution >= 4 is 27.9 Å². The van der Waals surface area contributed by atoms with Gasteiger partial charge in [0.05, 0.1) is 6.20 Å². The van der Waals surface area contributed by atoms with Gasteiger partial charge in [-0.25, -0.2) is 4.98 Å². The lowest BCUT2D eigenvalue weighted by molar-refractivity contribution is 0.102. The van der Waals surface area contributed by atoms with Crippen LogP contribution in [-0.2, 0) is 0 Å². The van der Waals surface area contributed by atoms with Crippen molar-refractivity contribution in [3.05, 3.63) is 63.5 Å². The predicted octanol–water partition coefficient (Wildman–Crippen LogP) is 2.32. The molecule has 2 aromatic heterocycles. The number of aromatic nitrogens is 2. The van der Waals surface area contributed by atoms with Gasteiger partial charge in [-0.15, -0.1) is 11.3 Å². The topological polar surface area (TPSA) is 63.5 Å². The van der Waals surface area contributed by atoms with Crippen molar-refractivity contribution in [1.29, 1.82) is 0 Å². The zero-order chi connectivity index (χ0) is 14.1. The summed E-state index contributed by atoms with van der Waals surface area (Å²) in [6, 6.07) is 7.14. The molecule has 5 nitrogen and oxygen atoms in total. The van der Waals surface area contributed by atoms with Crippen LogP contribution in [0.25, 0.3) is 4.96 Å². The molecule has 0 aliphatic heterocycles. The summed E-state index contributed by atoms with van der Waals surface area (Å²) in [5, 5.41) is 4.37. The Hall–Kier alpha value is -2.47.